The van der Waals surface area contributed by atoms with E-state index in [-0.39, 0.29) is 11.2 Å². The average molecular weight is 346 g/mol. The largest absolute Gasteiger partial charge is 0.488 e. The van der Waals surface area contributed by atoms with E-state index in [1.54, 1.807) is 0 Å². The predicted octanol–water partition coefficient (Wildman–Crippen LogP) is 4.21. The Hall–Kier alpha value is -1.75. The second-order valence-corrected chi connectivity index (χ2v) is 7.58. The first-order valence-electron chi connectivity index (χ1n) is 8.26. The summed E-state index contributed by atoms with van der Waals surface area (Å²) in [6, 6.07) is 7.94. The van der Waals surface area contributed by atoms with Gasteiger partial charge in [-0.1, -0.05) is 37.2 Å². The van der Waals surface area contributed by atoms with Gasteiger partial charge in [0.1, 0.15) is 11.4 Å². The highest BCUT2D eigenvalue weighted by Gasteiger charge is 2.13. The zero-order chi connectivity index (χ0) is 17.7. The molecule has 0 aliphatic heterocycles. The van der Waals surface area contributed by atoms with E-state index >= 15 is 0 Å². The highest BCUT2D eigenvalue weighted by molar-refractivity contribution is 7.98. The van der Waals surface area contributed by atoms with Crippen molar-refractivity contribution in [3.05, 3.63) is 51.4 Å². The number of nitrogens with one attached hydrogen (secondary N) is 1. The van der Waals surface area contributed by atoms with Crippen LogP contribution in [0.3, 0.4) is 0 Å². The second kappa shape index (κ2) is 7.88. The molecule has 2 rings (SSSR count). The van der Waals surface area contributed by atoms with E-state index < -0.39 is 0 Å². The van der Waals surface area contributed by atoms with Crippen molar-refractivity contribution in [3.8, 4) is 5.75 Å². The Morgan fingerprint density at radius 3 is 2.42 bits per heavy atom. The number of aryl methyl sites for hydroxylation is 1. The molecule has 130 valence electrons. The number of H-pyrrole nitrogens is 1. The molecule has 24 heavy (non-hydrogen) atoms. The molecule has 0 spiro atoms. The number of thioether (sulfide) groups is 1. The van der Waals surface area contributed by atoms with Crippen molar-refractivity contribution >= 4 is 11.8 Å². The van der Waals surface area contributed by atoms with Crippen molar-refractivity contribution < 1.29 is 4.74 Å². The van der Waals surface area contributed by atoms with Crippen molar-refractivity contribution in [2.75, 3.05) is 6.26 Å². The molecule has 0 radical (unpaired) electrons. The molecule has 0 saturated heterocycles. The van der Waals surface area contributed by atoms with E-state index in [4.69, 9.17) is 4.74 Å². The first kappa shape index (κ1) is 18.6. The van der Waals surface area contributed by atoms with Crippen molar-refractivity contribution in [3.63, 3.8) is 0 Å². The van der Waals surface area contributed by atoms with E-state index in [0.717, 1.165) is 35.4 Å². The predicted molar refractivity (Wildman–Crippen MR) is 100 cm³/mol. The van der Waals surface area contributed by atoms with Crippen LogP contribution in [-0.2, 0) is 12.8 Å². The lowest BCUT2D eigenvalue weighted by molar-refractivity contribution is 0.131. The lowest BCUT2D eigenvalue weighted by atomic mass is 10.0. The van der Waals surface area contributed by atoms with Gasteiger partial charge in [0.25, 0.3) is 5.56 Å². The van der Waals surface area contributed by atoms with Crippen LogP contribution in [-0.4, -0.2) is 21.8 Å². The molecular formula is C19H26N2O2S. The maximum atomic E-state index is 12.4. The smallest absolute Gasteiger partial charge is 0.255 e. The zero-order valence-corrected chi connectivity index (χ0v) is 15.9. The van der Waals surface area contributed by atoms with Gasteiger partial charge < -0.3 is 9.72 Å². The number of ether oxygens (including phenoxy) is 1. The van der Waals surface area contributed by atoms with E-state index in [1.165, 1.54) is 11.8 Å². The molecule has 0 bridgehead atoms. The number of aromatic amines is 1. The average Bonchev–Trinajstić information content (AvgIpc) is 2.50. The molecule has 4 nitrogen and oxygen atoms in total. The van der Waals surface area contributed by atoms with Crippen LogP contribution in [0.25, 0.3) is 0 Å². The second-order valence-electron chi connectivity index (χ2n) is 6.79. The van der Waals surface area contributed by atoms with Gasteiger partial charge >= 0.3 is 0 Å². The summed E-state index contributed by atoms with van der Waals surface area (Å²) in [5, 5.41) is 0.682. The van der Waals surface area contributed by atoms with Crippen LogP contribution in [0.15, 0.2) is 34.2 Å². The summed E-state index contributed by atoms with van der Waals surface area (Å²) in [5.74, 6) is 0.838. The third-order valence-electron chi connectivity index (χ3n) is 3.49. The Labute approximate surface area is 148 Å². The molecular weight excluding hydrogens is 320 g/mol. The van der Waals surface area contributed by atoms with Gasteiger partial charge in [-0.25, -0.2) is 4.98 Å². The van der Waals surface area contributed by atoms with Crippen LogP contribution in [0.4, 0.5) is 0 Å². The summed E-state index contributed by atoms with van der Waals surface area (Å²) in [6.07, 6.45) is 4.29. The maximum Gasteiger partial charge on any atom is 0.255 e. The Morgan fingerprint density at radius 1 is 1.21 bits per heavy atom. The minimum absolute atomic E-state index is 0.0344. The van der Waals surface area contributed by atoms with E-state index in [1.807, 2.05) is 51.3 Å². The van der Waals surface area contributed by atoms with E-state index in [0.29, 0.717) is 11.6 Å². The van der Waals surface area contributed by atoms with Crippen LogP contribution in [0.1, 0.15) is 50.9 Å². The Morgan fingerprint density at radius 2 is 1.88 bits per heavy atom. The molecule has 1 N–H and O–H groups in total. The molecule has 0 unspecified atom stereocenters. The Bertz CT molecular complexity index is 731. The van der Waals surface area contributed by atoms with E-state index in [9.17, 15) is 4.79 Å². The summed E-state index contributed by atoms with van der Waals surface area (Å²) in [4.78, 5) is 19.9. The fourth-order valence-electron chi connectivity index (χ4n) is 2.48. The standard InChI is InChI=1S/C19H26N2O2S/c1-6-7-16-15(17(22)21-18(20-16)24-5)12-13-8-10-14(11-9-13)23-19(2,3)4/h8-11H,6-7,12H2,1-5H3,(H,20,21,22). The van der Waals surface area contributed by atoms with Gasteiger partial charge in [0.2, 0.25) is 0 Å². The number of hydrogen-bond acceptors (Lipinski definition) is 4. The maximum absolute atomic E-state index is 12.4. The molecule has 1 aromatic heterocycles. The van der Waals surface area contributed by atoms with Crippen molar-refractivity contribution in [2.45, 2.75) is 57.7 Å². The third kappa shape index (κ3) is 5.13. The molecule has 5 heteroatoms. The summed E-state index contributed by atoms with van der Waals surface area (Å²) < 4.78 is 5.84. The van der Waals surface area contributed by atoms with E-state index in [2.05, 4.69) is 16.9 Å². The summed E-state index contributed by atoms with van der Waals surface area (Å²) in [6.45, 7) is 8.17. The molecule has 0 aliphatic rings. The van der Waals surface area contributed by atoms with Gasteiger partial charge in [0, 0.05) is 12.0 Å². The molecule has 0 amide bonds. The topological polar surface area (TPSA) is 55.0 Å². The molecule has 0 fully saturated rings. The number of benzene rings is 1. The first-order chi connectivity index (χ1) is 11.3. The molecule has 0 aliphatic carbocycles. The highest BCUT2D eigenvalue weighted by Crippen LogP contribution is 2.20. The summed E-state index contributed by atoms with van der Waals surface area (Å²) >= 11 is 1.46. The third-order valence-corrected chi connectivity index (χ3v) is 4.07. The number of aromatic nitrogens is 2. The molecule has 0 atom stereocenters. The van der Waals surface area contributed by atoms with Gasteiger partial charge in [0.05, 0.1) is 5.69 Å². The van der Waals surface area contributed by atoms with Gasteiger partial charge in [-0.15, -0.1) is 0 Å². The van der Waals surface area contributed by atoms with Gasteiger partial charge in [0.15, 0.2) is 5.16 Å². The van der Waals surface area contributed by atoms with Gasteiger partial charge in [-0.2, -0.15) is 0 Å². The van der Waals surface area contributed by atoms with Crippen LogP contribution < -0.4 is 10.3 Å². The lowest BCUT2D eigenvalue weighted by Gasteiger charge is -2.21. The van der Waals surface area contributed by atoms with Crippen LogP contribution in [0.5, 0.6) is 5.75 Å². The van der Waals surface area contributed by atoms with Gasteiger partial charge in [-0.3, -0.25) is 4.79 Å². The molecule has 2 aromatic rings. The normalized spacial score (nSPS) is 11.5. The molecule has 1 heterocycles. The first-order valence-corrected chi connectivity index (χ1v) is 9.49. The van der Waals surface area contributed by atoms with Gasteiger partial charge in [-0.05, 0) is 51.1 Å². The fraction of sp³-hybridized carbons (Fsp3) is 0.474. The SMILES string of the molecule is CCCc1nc(SC)[nH]c(=O)c1Cc1ccc(OC(C)(C)C)cc1. The lowest BCUT2D eigenvalue weighted by Crippen LogP contribution is -2.22. The summed E-state index contributed by atoms with van der Waals surface area (Å²) in [5.41, 5.74) is 2.50. The van der Waals surface area contributed by atoms with Crippen LogP contribution in [0, 0.1) is 0 Å². The number of hydrogen-bond donors (Lipinski definition) is 1. The minimum Gasteiger partial charge on any atom is -0.488 e. The monoisotopic (exact) mass is 346 g/mol. The zero-order valence-electron chi connectivity index (χ0n) is 15.1. The van der Waals surface area contributed by atoms with Crippen molar-refractivity contribution in [1.82, 2.24) is 9.97 Å². The Kier molecular flexibility index (Phi) is 6.10. The van der Waals surface area contributed by atoms with Crippen molar-refractivity contribution in [2.24, 2.45) is 0 Å². The number of rotatable bonds is 6. The minimum atomic E-state index is -0.218. The highest BCUT2D eigenvalue weighted by atomic mass is 32.2. The van der Waals surface area contributed by atoms with Crippen LogP contribution in [0.2, 0.25) is 0 Å². The van der Waals surface area contributed by atoms with Crippen molar-refractivity contribution in [1.29, 1.82) is 0 Å². The fourth-order valence-corrected chi connectivity index (χ4v) is 2.87. The Balaban J connectivity index is 2.26. The van der Waals surface area contributed by atoms with Crippen LogP contribution >= 0.6 is 11.8 Å². The molecule has 0 saturated carbocycles. The summed E-state index contributed by atoms with van der Waals surface area (Å²) in [7, 11) is 0. The number of nitrogens with zero attached hydrogens (tertiary/aromatic N) is 1. The molecule has 1 aromatic carbocycles. The quantitative estimate of drug-likeness (QED) is 0.629.